The van der Waals surface area contributed by atoms with Crippen LogP contribution in [-0.2, 0) is 9.53 Å². The van der Waals surface area contributed by atoms with E-state index >= 15 is 0 Å². The minimum Gasteiger partial charge on any atom is -0.468 e. The molecule has 0 aliphatic rings. The molecule has 0 bridgehead atoms. The molecular weight excluding hydrogens is 268 g/mol. The van der Waals surface area contributed by atoms with Crippen LogP contribution in [0.25, 0.3) is 0 Å². The number of methoxy groups -OCH3 is 1. The Hall–Kier alpha value is -1.69. The highest BCUT2D eigenvalue weighted by Gasteiger charge is 2.20. The molecule has 1 rings (SSSR count). The first-order chi connectivity index (χ1) is 8.36. The van der Waals surface area contributed by atoms with Gasteiger partial charge in [0.05, 0.1) is 17.7 Å². The van der Waals surface area contributed by atoms with E-state index in [2.05, 4.69) is 4.74 Å². The summed E-state index contributed by atoms with van der Waals surface area (Å²) in [5, 5.41) is -0.417. The highest BCUT2D eigenvalue weighted by Crippen LogP contribution is 2.20. The largest absolute Gasteiger partial charge is 0.468 e. The molecule has 0 atom stereocenters. The molecule has 0 radical (unpaired) electrons. The van der Waals surface area contributed by atoms with Gasteiger partial charge in [0.1, 0.15) is 18.2 Å². The lowest BCUT2D eigenvalue weighted by Crippen LogP contribution is -2.33. The molecule has 0 spiro atoms. The number of rotatable bonds is 3. The zero-order valence-electron chi connectivity index (χ0n) is 9.67. The summed E-state index contributed by atoms with van der Waals surface area (Å²) in [4.78, 5) is 23.6. The molecular formula is C11H10ClF2NO3. The van der Waals surface area contributed by atoms with Gasteiger partial charge in [-0.3, -0.25) is 9.59 Å². The first kappa shape index (κ1) is 14.4. The number of halogens is 3. The van der Waals surface area contributed by atoms with Gasteiger partial charge in [0.15, 0.2) is 0 Å². The molecule has 0 N–H and O–H groups in total. The zero-order valence-corrected chi connectivity index (χ0v) is 10.4. The first-order valence-corrected chi connectivity index (χ1v) is 5.21. The van der Waals surface area contributed by atoms with Crippen LogP contribution in [0.1, 0.15) is 10.4 Å². The van der Waals surface area contributed by atoms with E-state index in [1.54, 1.807) is 0 Å². The molecule has 98 valence electrons. The SMILES string of the molecule is COC(=O)CN(C)C(=O)c1cc(F)c(Cl)cc1F. The third kappa shape index (κ3) is 3.16. The Labute approximate surface area is 107 Å². The Morgan fingerprint density at radius 3 is 2.50 bits per heavy atom. The van der Waals surface area contributed by atoms with Crippen molar-refractivity contribution >= 4 is 23.5 Å². The maximum atomic E-state index is 13.4. The average molecular weight is 278 g/mol. The normalized spacial score (nSPS) is 10.1. The van der Waals surface area contributed by atoms with Crippen LogP contribution in [0.3, 0.4) is 0 Å². The zero-order chi connectivity index (χ0) is 13.9. The van der Waals surface area contributed by atoms with E-state index in [4.69, 9.17) is 11.6 Å². The Morgan fingerprint density at radius 1 is 1.33 bits per heavy atom. The molecule has 1 aromatic rings. The predicted molar refractivity (Wildman–Crippen MR) is 60.3 cm³/mol. The summed E-state index contributed by atoms with van der Waals surface area (Å²) in [5.41, 5.74) is -0.497. The molecule has 0 aliphatic heterocycles. The number of hydrogen-bond acceptors (Lipinski definition) is 3. The van der Waals surface area contributed by atoms with Gasteiger partial charge in [-0.05, 0) is 12.1 Å². The van der Waals surface area contributed by atoms with Gasteiger partial charge in [-0.2, -0.15) is 0 Å². The highest BCUT2D eigenvalue weighted by molar-refractivity contribution is 6.30. The van der Waals surface area contributed by atoms with Crippen LogP contribution in [0, 0.1) is 11.6 Å². The van der Waals surface area contributed by atoms with Gasteiger partial charge >= 0.3 is 5.97 Å². The van der Waals surface area contributed by atoms with Crippen molar-refractivity contribution in [2.24, 2.45) is 0 Å². The van der Waals surface area contributed by atoms with Crippen molar-refractivity contribution in [1.82, 2.24) is 4.90 Å². The van der Waals surface area contributed by atoms with E-state index in [0.717, 1.165) is 12.0 Å². The first-order valence-electron chi connectivity index (χ1n) is 4.83. The van der Waals surface area contributed by atoms with Crippen molar-refractivity contribution in [3.8, 4) is 0 Å². The maximum absolute atomic E-state index is 13.4. The Morgan fingerprint density at radius 2 is 1.94 bits per heavy atom. The molecule has 0 heterocycles. The molecule has 1 amide bonds. The van der Waals surface area contributed by atoms with Crippen LogP contribution in [0.2, 0.25) is 5.02 Å². The number of amides is 1. The standard InChI is InChI=1S/C11H10ClF2NO3/c1-15(5-10(16)18-2)11(17)6-3-9(14)7(12)4-8(6)13/h3-4H,5H2,1-2H3. The van der Waals surface area contributed by atoms with E-state index in [-0.39, 0.29) is 6.54 Å². The smallest absolute Gasteiger partial charge is 0.325 e. The van der Waals surface area contributed by atoms with E-state index < -0.39 is 34.1 Å². The minimum absolute atomic E-state index is 0.362. The number of benzene rings is 1. The Kier molecular flexibility index (Phi) is 4.61. The summed E-state index contributed by atoms with van der Waals surface area (Å²) in [6, 6.07) is 1.39. The average Bonchev–Trinajstić information content (AvgIpc) is 2.32. The maximum Gasteiger partial charge on any atom is 0.325 e. The fourth-order valence-corrected chi connectivity index (χ4v) is 1.37. The van der Waals surface area contributed by atoms with Gasteiger partial charge in [0.2, 0.25) is 0 Å². The molecule has 1 aromatic carbocycles. The van der Waals surface area contributed by atoms with Crippen molar-refractivity contribution < 1.29 is 23.1 Å². The second kappa shape index (κ2) is 5.77. The van der Waals surface area contributed by atoms with Crippen LogP contribution in [0.4, 0.5) is 8.78 Å². The van der Waals surface area contributed by atoms with Crippen LogP contribution >= 0.6 is 11.6 Å². The summed E-state index contributed by atoms with van der Waals surface area (Å²) in [7, 11) is 2.42. The van der Waals surface area contributed by atoms with Crippen LogP contribution < -0.4 is 0 Å². The minimum atomic E-state index is -0.955. The van der Waals surface area contributed by atoms with Crippen LogP contribution in [-0.4, -0.2) is 37.5 Å². The lowest BCUT2D eigenvalue weighted by Gasteiger charge is -2.16. The monoisotopic (exact) mass is 277 g/mol. The number of carbonyl (C=O) groups excluding carboxylic acids is 2. The van der Waals surface area contributed by atoms with Gasteiger partial charge in [0, 0.05) is 7.05 Å². The van der Waals surface area contributed by atoms with E-state index in [9.17, 15) is 18.4 Å². The summed E-state index contributed by atoms with van der Waals surface area (Å²) in [6.07, 6.45) is 0. The van der Waals surface area contributed by atoms with Gasteiger partial charge in [-0.25, -0.2) is 8.78 Å². The highest BCUT2D eigenvalue weighted by atomic mass is 35.5. The third-order valence-corrected chi connectivity index (χ3v) is 2.47. The molecule has 18 heavy (non-hydrogen) atoms. The summed E-state index contributed by atoms with van der Waals surface area (Å²) in [5.74, 6) is -3.37. The van der Waals surface area contributed by atoms with Crippen molar-refractivity contribution in [3.05, 3.63) is 34.4 Å². The summed E-state index contributed by atoms with van der Waals surface area (Å²) < 4.78 is 31.0. The number of hydrogen-bond donors (Lipinski definition) is 0. The van der Waals surface area contributed by atoms with E-state index in [0.29, 0.717) is 12.1 Å². The molecule has 0 saturated carbocycles. The topological polar surface area (TPSA) is 46.6 Å². The fourth-order valence-electron chi connectivity index (χ4n) is 1.22. The van der Waals surface area contributed by atoms with Crippen molar-refractivity contribution in [3.63, 3.8) is 0 Å². The number of carbonyl (C=O) groups is 2. The number of ether oxygens (including phenoxy) is 1. The molecule has 4 nitrogen and oxygen atoms in total. The van der Waals surface area contributed by atoms with Crippen molar-refractivity contribution in [2.45, 2.75) is 0 Å². The van der Waals surface area contributed by atoms with Gasteiger partial charge in [0.25, 0.3) is 5.91 Å². The molecule has 0 aromatic heterocycles. The third-order valence-electron chi connectivity index (χ3n) is 2.18. The number of esters is 1. The molecule has 0 fully saturated rings. The second-order valence-electron chi connectivity index (χ2n) is 3.48. The van der Waals surface area contributed by atoms with Crippen molar-refractivity contribution in [2.75, 3.05) is 20.7 Å². The molecule has 7 heteroatoms. The van der Waals surface area contributed by atoms with E-state index in [1.807, 2.05) is 0 Å². The summed E-state index contributed by atoms with van der Waals surface area (Å²) in [6.45, 7) is -0.362. The lowest BCUT2D eigenvalue weighted by molar-refractivity contribution is -0.141. The molecule has 0 saturated heterocycles. The van der Waals surface area contributed by atoms with Crippen LogP contribution in [0.15, 0.2) is 12.1 Å². The van der Waals surface area contributed by atoms with Gasteiger partial charge in [-0.1, -0.05) is 11.6 Å². The van der Waals surface area contributed by atoms with Crippen molar-refractivity contribution in [1.29, 1.82) is 0 Å². The Bertz CT molecular complexity index is 493. The lowest BCUT2D eigenvalue weighted by atomic mass is 10.2. The van der Waals surface area contributed by atoms with Gasteiger partial charge in [-0.15, -0.1) is 0 Å². The molecule has 0 aliphatic carbocycles. The van der Waals surface area contributed by atoms with Crippen LogP contribution in [0.5, 0.6) is 0 Å². The van der Waals surface area contributed by atoms with E-state index in [1.165, 1.54) is 7.05 Å². The summed E-state index contributed by atoms with van der Waals surface area (Å²) >= 11 is 5.36. The van der Waals surface area contributed by atoms with Gasteiger partial charge < -0.3 is 9.64 Å². The number of nitrogens with zero attached hydrogens (tertiary/aromatic N) is 1. The number of likely N-dealkylation sites (N-methyl/N-ethyl adjacent to an activating group) is 1. The predicted octanol–water partition coefficient (Wildman–Crippen LogP) is 1.86. The second-order valence-corrected chi connectivity index (χ2v) is 3.89. The Balaban J connectivity index is 2.97. The molecule has 0 unspecified atom stereocenters. The quantitative estimate of drug-likeness (QED) is 0.626. The fraction of sp³-hybridized carbons (Fsp3) is 0.273.